The minimum Gasteiger partial charge on any atom is -0.455 e. The highest BCUT2D eigenvalue weighted by Crippen LogP contribution is 2.49. The largest absolute Gasteiger partial charge is 0.455 e. The number of hydrogen-bond donors (Lipinski definition) is 0. The molecule has 0 radical (unpaired) electrons. The van der Waals surface area contributed by atoms with Crippen molar-refractivity contribution in [2.75, 3.05) is 0 Å². The third-order valence-electron chi connectivity index (χ3n) is 7.00. The molecule has 7 unspecified atom stereocenters. The summed E-state index contributed by atoms with van der Waals surface area (Å²) in [5.74, 6) is -0.328. The molecule has 3 aliphatic heterocycles. The molecular formula is C20H32O5. The van der Waals surface area contributed by atoms with Crippen molar-refractivity contribution in [1.29, 1.82) is 0 Å². The lowest BCUT2D eigenvalue weighted by Crippen LogP contribution is -2.46. The molecule has 3 rings (SSSR count). The van der Waals surface area contributed by atoms with E-state index in [1.54, 1.807) is 0 Å². The van der Waals surface area contributed by atoms with Crippen LogP contribution in [0.3, 0.4) is 0 Å². The third-order valence-corrected chi connectivity index (χ3v) is 7.00. The first-order valence-electron chi connectivity index (χ1n) is 9.70. The lowest BCUT2D eigenvalue weighted by molar-refractivity contribution is -0.175. The monoisotopic (exact) mass is 352 g/mol. The van der Waals surface area contributed by atoms with E-state index in [2.05, 4.69) is 34.6 Å². The van der Waals surface area contributed by atoms with Crippen molar-refractivity contribution >= 4 is 11.9 Å². The number of rotatable bonds is 7. The lowest BCUT2D eigenvalue weighted by atomic mass is 9.66. The normalized spacial score (nSPS) is 36.9. The summed E-state index contributed by atoms with van der Waals surface area (Å²) >= 11 is 0. The predicted molar refractivity (Wildman–Crippen MR) is 92.8 cm³/mol. The summed E-state index contributed by atoms with van der Waals surface area (Å²) in [7, 11) is 0. The molecule has 0 saturated carbocycles. The molecule has 0 aromatic carbocycles. The van der Waals surface area contributed by atoms with Crippen molar-refractivity contribution in [3.63, 3.8) is 0 Å². The van der Waals surface area contributed by atoms with Gasteiger partial charge in [-0.3, -0.25) is 9.59 Å². The molecule has 3 heterocycles. The second-order valence-corrected chi connectivity index (χ2v) is 9.17. The van der Waals surface area contributed by atoms with E-state index in [1.807, 2.05) is 6.92 Å². The Morgan fingerprint density at radius 2 is 1.96 bits per heavy atom. The fourth-order valence-electron chi connectivity index (χ4n) is 4.66. The molecule has 5 nitrogen and oxygen atoms in total. The SMILES string of the molecule is CCC(C)C(C)(CC(C)(C)CC)C(=O)OC1C2CC3C(=O)OC1C3O2. The summed E-state index contributed by atoms with van der Waals surface area (Å²) in [5, 5.41) is 0. The van der Waals surface area contributed by atoms with Crippen LogP contribution in [0.1, 0.15) is 67.2 Å². The van der Waals surface area contributed by atoms with E-state index in [0.717, 1.165) is 19.3 Å². The maximum Gasteiger partial charge on any atom is 0.312 e. The van der Waals surface area contributed by atoms with E-state index in [-0.39, 0.29) is 41.4 Å². The van der Waals surface area contributed by atoms with E-state index in [1.165, 1.54) is 0 Å². The van der Waals surface area contributed by atoms with Crippen molar-refractivity contribution in [2.45, 2.75) is 91.6 Å². The Morgan fingerprint density at radius 3 is 2.56 bits per heavy atom. The fourth-order valence-corrected chi connectivity index (χ4v) is 4.66. The van der Waals surface area contributed by atoms with Gasteiger partial charge in [0.15, 0.2) is 12.2 Å². The van der Waals surface area contributed by atoms with Gasteiger partial charge in [-0.2, -0.15) is 0 Å². The third kappa shape index (κ3) is 2.98. The van der Waals surface area contributed by atoms with Gasteiger partial charge in [0.25, 0.3) is 0 Å². The van der Waals surface area contributed by atoms with Crippen molar-refractivity contribution < 1.29 is 23.8 Å². The average molecular weight is 352 g/mol. The van der Waals surface area contributed by atoms with Crippen LogP contribution in [0.25, 0.3) is 0 Å². The lowest BCUT2D eigenvalue weighted by Gasteiger charge is -2.40. The van der Waals surface area contributed by atoms with E-state index in [9.17, 15) is 9.59 Å². The Labute approximate surface area is 150 Å². The number of hydrogen-bond acceptors (Lipinski definition) is 5. The first-order valence-corrected chi connectivity index (χ1v) is 9.70. The number of carbonyl (C=O) groups is 2. The summed E-state index contributed by atoms with van der Waals surface area (Å²) in [6.45, 7) is 12.8. The van der Waals surface area contributed by atoms with Crippen LogP contribution in [-0.4, -0.2) is 36.4 Å². The van der Waals surface area contributed by atoms with Crippen LogP contribution in [0.15, 0.2) is 0 Å². The summed E-state index contributed by atoms with van der Waals surface area (Å²) in [5.41, 5.74) is -0.495. The van der Waals surface area contributed by atoms with Crippen LogP contribution in [0.4, 0.5) is 0 Å². The van der Waals surface area contributed by atoms with Crippen molar-refractivity contribution in [2.24, 2.45) is 22.7 Å². The molecule has 2 bridgehead atoms. The van der Waals surface area contributed by atoms with Gasteiger partial charge in [-0.1, -0.05) is 47.5 Å². The molecule has 5 heteroatoms. The van der Waals surface area contributed by atoms with E-state index < -0.39 is 17.6 Å². The molecule has 3 aliphatic rings. The first kappa shape index (κ1) is 18.7. The van der Waals surface area contributed by atoms with Crippen LogP contribution >= 0.6 is 0 Å². The molecular weight excluding hydrogens is 320 g/mol. The van der Waals surface area contributed by atoms with Crippen LogP contribution in [0.5, 0.6) is 0 Å². The summed E-state index contributed by atoms with van der Waals surface area (Å²) in [6.07, 6.45) is 2.02. The van der Waals surface area contributed by atoms with Crippen LogP contribution in [-0.2, 0) is 23.8 Å². The van der Waals surface area contributed by atoms with E-state index in [4.69, 9.17) is 14.2 Å². The molecule has 0 amide bonds. The predicted octanol–water partition coefficient (Wildman–Crippen LogP) is 3.49. The molecule has 0 spiro atoms. The standard InChI is InChI=1S/C20H32O5/c1-7-11(3)20(6,10-19(4,5)8-2)18(22)25-15-13-9-12-14(23-13)16(15)24-17(12)21/h11-16H,7-10H2,1-6H3. The smallest absolute Gasteiger partial charge is 0.312 e. The number of esters is 2. The molecule has 0 aliphatic carbocycles. The summed E-state index contributed by atoms with van der Waals surface area (Å²) in [6, 6.07) is 0. The Balaban J connectivity index is 1.76. The molecule has 3 fully saturated rings. The Hall–Kier alpha value is -1.10. The second-order valence-electron chi connectivity index (χ2n) is 9.17. The van der Waals surface area contributed by atoms with Gasteiger partial charge >= 0.3 is 11.9 Å². The average Bonchev–Trinajstić information content (AvgIpc) is 3.18. The van der Waals surface area contributed by atoms with Crippen molar-refractivity contribution in [1.82, 2.24) is 0 Å². The first-order chi connectivity index (χ1) is 11.6. The van der Waals surface area contributed by atoms with E-state index >= 15 is 0 Å². The number of ether oxygens (including phenoxy) is 3. The van der Waals surface area contributed by atoms with Crippen LogP contribution in [0, 0.1) is 22.7 Å². The van der Waals surface area contributed by atoms with Crippen molar-refractivity contribution in [3.8, 4) is 0 Å². The topological polar surface area (TPSA) is 61.8 Å². The van der Waals surface area contributed by atoms with Gasteiger partial charge in [0.1, 0.15) is 6.10 Å². The molecule has 0 aromatic heterocycles. The molecule has 7 atom stereocenters. The van der Waals surface area contributed by atoms with Gasteiger partial charge < -0.3 is 14.2 Å². The van der Waals surface area contributed by atoms with Crippen molar-refractivity contribution in [3.05, 3.63) is 0 Å². The highest BCUT2D eigenvalue weighted by atomic mass is 16.7. The van der Waals surface area contributed by atoms with Gasteiger partial charge in [0.2, 0.25) is 0 Å². The zero-order valence-electron chi connectivity index (χ0n) is 16.3. The molecule has 0 aromatic rings. The Morgan fingerprint density at radius 1 is 1.28 bits per heavy atom. The second kappa shape index (κ2) is 6.26. The van der Waals surface area contributed by atoms with Crippen LogP contribution in [0.2, 0.25) is 0 Å². The summed E-state index contributed by atoms with van der Waals surface area (Å²) < 4.78 is 17.2. The maximum atomic E-state index is 13.2. The zero-order chi connectivity index (χ0) is 18.6. The van der Waals surface area contributed by atoms with Gasteiger partial charge in [0.05, 0.1) is 17.4 Å². The fraction of sp³-hybridized carbons (Fsp3) is 0.900. The van der Waals surface area contributed by atoms with E-state index in [0.29, 0.717) is 6.42 Å². The number of fused-ring (bicyclic) bond motifs is 1. The van der Waals surface area contributed by atoms with Gasteiger partial charge in [-0.05, 0) is 31.1 Å². The summed E-state index contributed by atoms with van der Waals surface area (Å²) in [4.78, 5) is 25.1. The van der Waals surface area contributed by atoms with Gasteiger partial charge in [-0.25, -0.2) is 0 Å². The Bertz CT molecular complexity index is 556. The highest BCUT2D eigenvalue weighted by molar-refractivity contribution is 5.79. The molecule has 142 valence electrons. The molecule has 0 N–H and O–H groups in total. The quantitative estimate of drug-likeness (QED) is 0.656. The van der Waals surface area contributed by atoms with Crippen LogP contribution < -0.4 is 0 Å². The van der Waals surface area contributed by atoms with Gasteiger partial charge in [0, 0.05) is 0 Å². The molecule has 25 heavy (non-hydrogen) atoms. The highest BCUT2D eigenvalue weighted by Gasteiger charge is 2.65. The number of carbonyl (C=O) groups excluding carboxylic acids is 2. The molecule has 3 saturated heterocycles. The Kier molecular flexibility index (Phi) is 4.68. The zero-order valence-corrected chi connectivity index (χ0v) is 16.3. The minimum absolute atomic E-state index is 0.0628. The maximum absolute atomic E-state index is 13.2. The minimum atomic E-state index is -0.557. The van der Waals surface area contributed by atoms with Gasteiger partial charge in [-0.15, -0.1) is 0 Å².